The summed E-state index contributed by atoms with van der Waals surface area (Å²) in [5, 5.41) is 10.5. The van der Waals surface area contributed by atoms with E-state index in [1.54, 1.807) is 22.7 Å². The van der Waals surface area contributed by atoms with E-state index in [2.05, 4.69) is 128 Å². The highest BCUT2D eigenvalue weighted by molar-refractivity contribution is 7.26. The topological polar surface area (TPSA) is 40.6 Å². The largest absolute Gasteiger partial charge is 0.306 e. The minimum atomic E-state index is -0.0618. The molecule has 4 nitrogen and oxygen atoms in total. The van der Waals surface area contributed by atoms with Gasteiger partial charge in [-0.15, -0.1) is 45.3 Å². The molecule has 2 amide bonds. The fourth-order valence-electron chi connectivity index (χ4n) is 9.10. The molecule has 0 atom stereocenters. The lowest BCUT2D eigenvalue weighted by Gasteiger charge is -2.26. The molecule has 56 heavy (non-hydrogen) atoms. The SMILES string of the molecule is Cc1ccc(C2=C3C(=O)N(CC(C)C)C(c4ccc(-c5cc6c(ccc7c8cc(C)c9c%10cc(C)sc%10ccc9c8cc(C)c67)s5)s4)=C3C(=O)N2CC(C)C)s1. The summed E-state index contributed by atoms with van der Waals surface area (Å²) < 4.78 is 2.61. The van der Waals surface area contributed by atoms with Gasteiger partial charge in [-0.2, -0.15) is 0 Å². The van der Waals surface area contributed by atoms with Crippen molar-refractivity contribution in [2.24, 2.45) is 11.8 Å². The van der Waals surface area contributed by atoms with Crippen LogP contribution in [0.25, 0.3) is 73.6 Å². The van der Waals surface area contributed by atoms with Crippen LogP contribution in [-0.2, 0) is 9.59 Å². The van der Waals surface area contributed by atoms with Crippen molar-refractivity contribution in [3.8, 4) is 9.75 Å². The van der Waals surface area contributed by atoms with Gasteiger partial charge in [0.2, 0.25) is 0 Å². The molecule has 0 fully saturated rings. The molecule has 2 aliphatic heterocycles. The van der Waals surface area contributed by atoms with Crippen molar-refractivity contribution < 1.29 is 9.59 Å². The highest BCUT2D eigenvalue weighted by atomic mass is 32.1. The Bertz CT molecular complexity index is 3090. The third kappa shape index (κ3) is 5.33. The molecule has 0 aliphatic carbocycles. The summed E-state index contributed by atoms with van der Waals surface area (Å²) in [6, 6.07) is 27.2. The Labute approximate surface area is 343 Å². The quantitative estimate of drug-likeness (QED) is 0.151. The Hall–Kier alpha value is -4.60. The Kier molecular flexibility index (Phi) is 8.29. The maximum Gasteiger partial charge on any atom is 0.261 e. The lowest BCUT2D eigenvalue weighted by atomic mass is 9.90. The van der Waals surface area contributed by atoms with Gasteiger partial charge in [-0.05, 0) is 132 Å². The number of benzene rings is 4. The predicted molar refractivity (Wildman–Crippen MR) is 243 cm³/mol. The number of hydrogen-bond acceptors (Lipinski definition) is 6. The zero-order valence-electron chi connectivity index (χ0n) is 32.8. The number of hydrogen-bond donors (Lipinski definition) is 0. The van der Waals surface area contributed by atoms with Gasteiger partial charge >= 0.3 is 0 Å². The molecule has 0 saturated heterocycles. The summed E-state index contributed by atoms with van der Waals surface area (Å²) in [5.74, 6) is 0.367. The summed E-state index contributed by atoms with van der Waals surface area (Å²) in [6.07, 6.45) is 0. The number of nitrogens with zero attached hydrogens (tertiary/aromatic N) is 2. The van der Waals surface area contributed by atoms with E-state index in [4.69, 9.17) is 0 Å². The first-order valence-corrected chi connectivity index (χ1v) is 22.7. The molecular formula is C48H42N2O2S4. The van der Waals surface area contributed by atoms with Gasteiger partial charge in [-0.1, -0.05) is 52.0 Å². The normalized spacial score (nSPS) is 15.1. The maximum absolute atomic E-state index is 14.5. The molecule has 10 rings (SSSR count). The molecule has 0 saturated carbocycles. The number of carbonyl (C=O) groups excluding carboxylic acids is 2. The van der Waals surface area contributed by atoms with Gasteiger partial charge in [0.25, 0.3) is 11.8 Å². The van der Waals surface area contributed by atoms with E-state index in [-0.39, 0.29) is 23.7 Å². The van der Waals surface area contributed by atoms with Gasteiger partial charge in [0.05, 0.1) is 32.3 Å². The van der Waals surface area contributed by atoms with E-state index in [9.17, 15) is 9.59 Å². The van der Waals surface area contributed by atoms with Gasteiger partial charge in [0.1, 0.15) is 0 Å². The van der Waals surface area contributed by atoms with Gasteiger partial charge in [-0.25, -0.2) is 0 Å². The molecule has 8 heteroatoms. The van der Waals surface area contributed by atoms with E-state index in [1.807, 2.05) is 32.5 Å². The standard InChI is InChI=1S/C48H42N2O2S4/c1-23(2)21-49-45(38-12-9-27(7)53-38)43-44(48(49)52)46(50(47(43)51)22-24(3)4)39-16-15-37(56-39)40-20-34-36(55-40)14-11-30-32-17-25(5)41-29(31(32)18-26(6)42(30)34)10-13-35-33(41)19-28(8)54-35/h9-20,23-24H,21-22H2,1-8H3. The second-order valence-corrected chi connectivity index (χ2v) is 21.1. The van der Waals surface area contributed by atoms with Crippen LogP contribution in [0.15, 0.2) is 83.9 Å². The molecule has 6 heterocycles. The van der Waals surface area contributed by atoms with Crippen LogP contribution < -0.4 is 0 Å². The lowest BCUT2D eigenvalue weighted by Crippen LogP contribution is -2.33. The lowest BCUT2D eigenvalue weighted by molar-refractivity contribution is -0.124. The molecular weight excluding hydrogens is 765 g/mol. The van der Waals surface area contributed by atoms with Crippen LogP contribution in [0.1, 0.15) is 58.3 Å². The number of thiophene rings is 4. The minimum absolute atomic E-state index is 0.0618. The second-order valence-electron chi connectivity index (χ2n) is 16.4. The van der Waals surface area contributed by atoms with Gasteiger partial charge in [0.15, 0.2) is 0 Å². The third-order valence-electron chi connectivity index (χ3n) is 11.2. The molecule has 280 valence electrons. The van der Waals surface area contributed by atoms with E-state index in [0.717, 1.165) is 30.9 Å². The Morgan fingerprint density at radius 3 is 1.50 bits per heavy atom. The van der Waals surface area contributed by atoms with E-state index in [0.29, 0.717) is 24.2 Å². The summed E-state index contributed by atoms with van der Waals surface area (Å²) in [4.78, 5) is 39.6. The smallest absolute Gasteiger partial charge is 0.261 e. The highest BCUT2D eigenvalue weighted by Gasteiger charge is 2.49. The average molecular weight is 807 g/mol. The van der Waals surface area contributed by atoms with Crippen molar-refractivity contribution >= 4 is 121 Å². The minimum Gasteiger partial charge on any atom is -0.306 e. The first kappa shape index (κ1) is 35.8. The molecule has 0 radical (unpaired) electrons. The number of aryl methyl sites for hydroxylation is 4. The molecule has 0 N–H and O–H groups in total. The van der Waals surface area contributed by atoms with Crippen LogP contribution in [-0.4, -0.2) is 34.7 Å². The summed E-state index contributed by atoms with van der Waals surface area (Å²) in [7, 11) is 0. The zero-order valence-corrected chi connectivity index (χ0v) is 36.1. The molecule has 8 aromatic rings. The molecule has 0 spiro atoms. The number of amides is 2. The monoisotopic (exact) mass is 806 g/mol. The fraction of sp³-hybridized carbons (Fsp3) is 0.250. The van der Waals surface area contributed by atoms with Gasteiger partial charge < -0.3 is 9.80 Å². The highest BCUT2D eigenvalue weighted by Crippen LogP contribution is 2.51. The summed E-state index contributed by atoms with van der Waals surface area (Å²) in [5.41, 5.74) is 5.27. The number of rotatable bonds is 7. The third-order valence-corrected chi connectivity index (χ3v) is 15.6. The van der Waals surface area contributed by atoms with Crippen LogP contribution in [0, 0.1) is 39.5 Å². The fourth-order valence-corrected chi connectivity index (χ4v) is 13.2. The van der Waals surface area contributed by atoms with Gasteiger partial charge in [-0.3, -0.25) is 9.59 Å². The molecule has 0 unspecified atom stereocenters. The Balaban J connectivity index is 1.12. The van der Waals surface area contributed by atoms with Crippen molar-refractivity contribution in [1.82, 2.24) is 9.80 Å². The first-order chi connectivity index (χ1) is 26.9. The van der Waals surface area contributed by atoms with Crippen molar-refractivity contribution in [1.29, 1.82) is 0 Å². The maximum atomic E-state index is 14.5. The predicted octanol–water partition coefficient (Wildman–Crippen LogP) is 13.7. The van der Waals surface area contributed by atoms with Crippen LogP contribution in [0.2, 0.25) is 0 Å². The summed E-state index contributed by atoms with van der Waals surface area (Å²) >= 11 is 7.02. The molecule has 4 aromatic heterocycles. The zero-order chi connectivity index (χ0) is 38.9. The molecule has 4 aromatic carbocycles. The van der Waals surface area contributed by atoms with Crippen molar-refractivity contribution in [2.75, 3.05) is 13.1 Å². The van der Waals surface area contributed by atoms with Gasteiger partial charge in [0, 0.05) is 52.8 Å². The summed E-state index contributed by atoms with van der Waals surface area (Å²) in [6.45, 7) is 18.4. The number of carbonyl (C=O) groups is 2. The Morgan fingerprint density at radius 1 is 0.464 bits per heavy atom. The van der Waals surface area contributed by atoms with E-state index >= 15 is 0 Å². The number of fused-ring (bicyclic) bond motifs is 10. The van der Waals surface area contributed by atoms with Crippen LogP contribution in [0.5, 0.6) is 0 Å². The van der Waals surface area contributed by atoms with Crippen LogP contribution >= 0.6 is 45.3 Å². The van der Waals surface area contributed by atoms with Crippen LogP contribution in [0.4, 0.5) is 0 Å². The first-order valence-electron chi connectivity index (χ1n) is 19.4. The molecule has 0 bridgehead atoms. The Morgan fingerprint density at radius 2 is 0.964 bits per heavy atom. The molecule has 2 aliphatic rings. The van der Waals surface area contributed by atoms with Crippen LogP contribution in [0.3, 0.4) is 0 Å². The second kappa shape index (κ2) is 13.0. The van der Waals surface area contributed by atoms with Crippen molar-refractivity contribution in [2.45, 2.75) is 55.4 Å². The average Bonchev–Trinajstić information content (AvgIpc) is 4.00. The van der Waals surface area contributed by atoms with Crippen molar-refractivity contribution in [3.05, 3.63) is 115 Å². The van der Waals surface area contributed by atoms with E-state index < -0.39 is 0 Å². The van der Waals surface area contributed by atoms with E-state index in [1.165, 1.54) is 73.4 Å². The van der Waals surface area contributed by atoms with Crippen molar-refractivity contribution in [3.63, 3.8) is 0 Å².